The molecule has 0 spiro atoms. The van der Waals surface area contributed by atoms with Gasteiger partial charge in [0.05, 0.1) is 11.6 Å². The van der Waals surface area contributed by atoms with E-state index in [0.717, 1.165) is 22.5 Å². The van der Waals surface area contributed by atoms with Gasteiger partial charge in [0.2, 0.25) is 0 Å². The number of carboxylic acids is 1. The molecule has 1 aliphatic heterocycles. The first-order valence-corrected chi connectivity index (χ1v) is 5.33. The van der Waals surface area contributed by atoms with Crippen molar-refractivity contribution in [3.05, 3.63) is 16.1 Å². The second kappa shape index (κ2) is 3.38. The minimum atomic E-state index is -0.714. The summed E-state index contributed by atoms with van der Waals surface area (Å²) in [6.07, 6.45) is 1.52. The first-order valence-electron chi connectivity index (χ1n) is 4.54. The number of fused-ring (bicyclic) bond motifs is 1. The van der Waals surface area contributed by atoms with Gasteiger partial charge >= 0.3 is 5.97 Å². The van der Waals surface area contributed by atoms with Gasteiger partial charge < -0.3 is 9.67 Å². The van der Waals surface area contributed by atoms with Crippen LogP contribution in [-0.2, 0) is 17.8 Å². The number of hydrogen-bond donors (Lipinski definition) is 1. The molecule has 4 nitrogen and oxygen atoms in total. The second-order valence-corrected chi connectivity index (χ2v) is 4.31. The lowest BCUT2D eigenvalue weighted by Gasteiger charge is -2.21. The zero-order valence-electron chi connectivity index (χ0n) is 7.83. The molecule has 1 atom stereocenters. The van der Waals surface area contributed by atoms with Gasteiger partial charge in [0.25, 0.3) is 0 Å². The Morgan fingerprint density at radius 3 is 3.07 bits per heavy atom. The number of hydrogen-bond acceptors (Lipinski definition) is 2. The number of rotatable bonds is 1. The van der Waals surface area contributed by atoms with E-state index >= 15 is 0 Å². The quantitative estimate of drug-likeness (QED) is 0.833. The first-order chi connectivity index (χ1) is 6.59. The molecule has 0 aromatic carbocycles. The summed E-state index contributed by atoms with van der Waals surface area (Å²) >= 11 is 3.34. The van der Waals surface area contributed by atoms with Crippen LogP contribution < -0.4 is 0 Å². The average Bonchev–Trinajstić information content (AvgIpc) is 2.42. The monoisotopic (exact) mass is 258 g/mol. The Balaban J connectivity index is 2.34. The summed E-state index contributed by atoms with van der Waals surface area (Å²) in [6.45, 7) is 2.49. The number of aliphatic carboxylic acids is 1. The van der Waals surface area contributed by atoms with Gasteiger partial charge in [-0.15, -0.1) is 0 Å². The van der Waals surface area contributed by atoms with Crippen LogP contribution in [0.4, 0.5) is 0 Å². The second-order valence-electron chi connectivity index (χ2n) is 3.60. The molecule has 0 amide bonds. The summed E-state index contributed by atoms with van der Waals surface area (Å²) in [7, 11) is 0. The molecular formula is C9H11BrN2O2. The lowest BCUT2D eigenvalue weighted by atomic mass is 9.97. The van der Waals surface area contributed by atoms with E-state index in [0.29, 0.717) is 13.0 Å². The Bertz CT molecular complexity index is 386. The molecule has 5 heteroatoms. The minimum Gasteiger partial charge on any atom is -0.481 e. The molecule has 2 heterocycles. The van der Waals surface area contributed by atoms with Crippen molar-refractivity contribution in [1.82, 2.24) is 9.55 Å². The smallest absolute Gasteiger partial charge is 0.308 e. The van der Waals surface area contributed by atoms with E-state index < -0.39 is 5.97 Å². The van der Waals surface area contributed by atoms with Crippen molar-refractivity contribution in [1.29, 1.82) is 0 Å². The summed E-state index contributed by atoms with van der Waals surface area (Å²) in [5.74, 6) is -0.985. The molecule has 0 saturated heterocycles. The van der Waals surface area contributed by atoms with Crippen LogP contribution in [0, 0.1) is 12.8 Å². The molecule has 1 unspecified atom stereocenters. The predicted octanol–water partition coefficient (Wildman–Crippen LogP) is 1.60. The van der Waals surface area contributed by atoms with Crippen LogP contribution in [0.1, 0.15) is 17.8 Å². The van der Waals surface area contributed by atoms with E-state index in [9.17, 15) is 4.79 Å². The van der Waals surface area contributed by atoms with Crippen molar-refractivity contribution in [3.63, 3.8) is 0 Å². The van der Waals surface area contributed by atoms with Crippen LogP contribution >= 0.6 is 15.9 Å². The summed E-state index contributed by atoms with van der Waals surface area (Å²) < 4.78 is 2.70. The molecule has 1 aromatic heterocycles. The molecule has 0 fully saturated rings. The third-order valence-electron chi connectivity index (χ3n) is 2.71. The molecule has 1 aromatic rings. The van der Waals surface area contributed by atoms with Crippen molar-refractivity contribution in [2.45, 2.75) is 26.3 Å². The third-order valence-corrected chi connectivity index (χ3v) is 3.31. The van der Waals surface area contributed by atoms with E-state index in [1.165, 1.54) is 0 Å². The standard InChI is InChI=1S/C9H11BrN2O2/c1-5-7-3-2-6(8(13)14)4-12(7)9(10)11-5/h6H,2-4H2,1H3,(H,13,14). The van der Waals surface area contributed by atoms with E-state index in [1.54, 1.807) is 0 Å². The maximum Gasteiger partial charge on any atom is 0.308 e. The van der Waals surface area contributed by atoms with Gasteiger partial charge in [-0.3, -0.25) is 4.79 Å². The number of imidazole rings is 1. The van der Waals surface area contributed by atoms with Gasteiger partial charge in [0.1, 0.15) is 0 Å². The fourth-order valence-electron chi connectivity index (χ4n) is 1.90. The number of carboxylic acid groups (broad SMARTS) is 1. The molecule has 0 saturated carbocycles. The van der Waals surface area contributed by atoms with Gasteiger partial charge in [0.15, 0.2) is 4.73 Å². The number of halogens is 1. The lowest BCUT2D eigenvalue weighted by molar-refractivity contribution is -0.142. The van der Waals surface area contributed by atoms with E-state index in [2.05, 4.69) is 20.9 Å². The highest BCUT2D eigenvalue weighted by molar-refractivity contribution is 9.10. The first kappa shape index (κ1) is 9.71. The highest BCUT2D eigenvalue weighted by atomic mass is 79.9. The van der Waals surface area contributed by atoms with Crippen LogP contribution in [-0.4, -0.2) is 20.6 Å². The SMILES string of the molecule is Cc1nc(Br)n2c1CCC(C(=O)O)C2. The van der Waals surface area contributed by atoms with Crippen LogP contribution in [0.2, 0.25) is 0 Å². The number of aromatic nitrogens is 2. The van der Waals surface area contributed by atoms with Gasteiger partial charge in [-0.2, -0.15) is 0 Å². The molecule has 14 heavy (non-hydrogen) atoms. The van der Waals surface area contributed by atoms with Crippen LogP contribution in [0.15, 0.2) is 4.73 Å². The molecule has 76 valence electrons. The fraction of sp³-hybridized carbons (Fsp3) is 0.556. The van der Waals surface area contributed by atoms with Crippen LogP contribution in [0.3, 0.4) is 0 Å². The summed E-state index contributed by atoms with van der Waals surface area (Å²) in [5.41, 5.74) is 2.16. The van der Waals surface area contributed by atoms with Gasteiger partial charge in [-0.1, -0.05) is 0 Å². The normalized spacial score (nSPS) is 20.6. The predicted molar refractivity (Wildman–Crippen MR) is 54.1 cm³/mol. The molecule has 0 aliphatic carbocycles. The van der Waals surface area contributed by atoms with Crippen LogP contribution in [0.25, 0.3) is 0 Å². The third kappa shape index (κ3) is 1.45. The van der Waals surface area contributed by atoms with Crippen molar-refractivity contribution in [2.24, 2.45) is 5.92 Å². The largest absolute Gasteiger partial charge is 0.481 e. The van der Waals surface area contributed by atoms with Crippen molar-refractivity contribution < 1.29 is 9.90 Å². The average molecular weight is 259 g/mol. The zero-order valence-corrected chi connectivity index (χ0v) is 9.41. The van der Waals surface area contributed by atoms with E-state index in [-0.39, 0.29) is 5.92 Å². The van der Waals surface area contributed by atoms with Crippen molar-refractivity contribution in [3.8, 4) is 0 Å². The Labute approximate surface area is 90.1 Å². The molecule has 2 rings (SSSR count). The van der Waals surface area contributed by atoms with Crippen molar-refractivity contribution in [2.75, 3.05) is 0 Å². The number of nitrogens with zero attached hydrogens (tertiary/aromatic N) is 2. The Kier molecular flexibility index (Phi) is 2.34. The maximum absolute atomic E-state index is 10.8. The van der Waals surface area contributed by atoms with Crippen LogP contribution in [0.5, 0.6) is 0 Å². The van der Waals surface area contributed by atoms with Crippen molar-refractivity contribution >= 4 is 21.9 Å². The van der Waals surface area contributed by atoms with E-state index in [1.807, 2.05) is 11.5 Å². The highest BCUT2D eigenvalue weighted by Crippen LogP contribution is 2.26. The molecule has 0 bridgehead atoms. The summed E-state index contributed by atoms with van der Waals surface area (Å²) in [5, 5.41) is 8.91. The zero-order chi connectivity index (χ0) is 10.3. The molecule has 0 radical (unpaired) electrons. The number of aryl methyl sites for hydroxylation is 1. The topological polar surface area (TPSA) is 55.1 Å². The van der Waals surface area contributed by atoms with Gasteiger partial charge in [0, 0.05) is 12.2 Å². The minimum absolute atomic E-state index is 0.271. The summed E-state index contributed by atoms with van der Waals surface area (Å²) in [4.78, 5) is 15.1. The maximum atomic E-state index is 10.8. The highest BCUT2D eigenvalue weighted by Gasteiger charge is 2.27. The fourth-order valence-corrected chi connectivity index (χ4v) is 2.52. The Morgan fingerprint density at radius 2 is 2.43 bits per heavy atom. The van der Waals surface area contributed by atoms with E-state index in [4.69, 9.17) is 5.11 Å². The summed E-state index contributed by atoms with van der Waals surface area (Å²) in [6, 6.07) is 0. The molecule has 1 N–H and O–H groups in total. The number of carbonyl (C=O) groups is 1. The van der Waals surface area contributed by atoms with Gasteiger partial charge in [-0.25, -0.2) is 4.98 Å². The molecular weight excluding hydrogens is 248 g/mol. The van der Waals surface area contributed by atoms with Gasteiger partial charge in [-0.05, 0) is 35.7 Å². The Hall–Kier alpha value is -0.840. The Morgan fingerprint density at radius 1 is 1.71 bits per heavy atom. The lowest BCUT2D eigenvalue weighted by Crippen LogP contribution is -2.26. The molecule has 1 aliphatic rings.